The smallest absolute Gasteiger partial charge is 0.236 e. The first-order valence-corrected chi connectivity index (χ1v) is 10.5. The van der Waals surface area contributed by atoms with Gasteiger partial charge in [-0.2, -0.15) is 0 Å². The molecule has 0 saturated carbocycles. The Morgan fingerprint density at radius 3 is 2.72 bits per heavy atom. The Morgan fingerprint density at radius 1 is 1.24 bits per heavy atom. The number of carbonyl (C=O) groups excluding carboxylic acids is 1. The fourth-order valence-corrected chi connectivity index (χ4v) is 4.26. The molecule has 0 aliphatic heterocycles. The molecule has 3 heterocycles. The molecule has 0 spiro atoms. The van der Waals surface area contributed by atoms with Crippen LogP contribution in [0.15, 0.2) is 60.3 Å². The summed E-state index contributed by atoms with van der Waals surface area (Å²) >= 11 is 2.76. The summed E-state index contributed by atoms with van der Waals surface area (Å²) in [5.74, 6) is 0.850. The molecule has 148 valence electrons. The maximum atomic E-state index is 12.4. The molecule has 1 N–H and O–H groups in total. The number of nitrogens with zero attached hydrogens (tertiary/aromatic N) is 5. The number of aryl methyl sites for hydroxylation is 1. The van der Waals surface area contributed by atoms with Crippen LogP contribution in [0.3, 0.4) is 0 Å². The lowest BCUT2D eigenvalue weighted by Gasteiger charge is -2.06. The van der Waals surface area contributed by atoms with Crippen molar-refractivity contribution in [3.05, 3.63) is 60.0 Å². The predicted octanol–water partition coefficient (Wildman–Crippen LogP) is 3.56. The number of aromatic nitrogens is 5. The van der Waals surface area contributed by atoms with Crippen LogP contribution in [0.2, 0.25) is 0 Å². The molecule has 1 aromatic carbocycles. The van der Waals surface area contributed by atoms with E-state index in [1.54, 1.807) is 18.1 Å². The van der Waals surface area contributed by atoms with E-state index in [0.717, 1.165) is 21.9 Å². The maximum absolute atomic E-state index is 12.4. The van der Waals surface area contributed by atoms with E-state index >= 15 is 0 Å². The third-order valence-electron chi connectivity index (χ3n) is 4.08. The van der Waals surface area contributed by atoms with Crippen LogP contribution in [0.4, 0.5) is 5.13 Å². The van der Waals surface area contributed by atoms with Crippen molar-refractivity contribution in [2.24, 2.45) is 0 Å². The summed E-state index contributed by atoms with van der Waals surface area (Å²) < 4.78 is 8.80. The van der Waals surface area contributed by atoms with E-state index in [9.17, 15) is 4.79 Å². The minimum atomic E-state index is -0.146. The van der Waals surface area contributed by atoms with Crippen LogP contribution in [-0.4, -0.2) is 43.3 Å². The van der Waals surface area contributed by atoms with Crippen molar-refractivity contribution in [2.45, 2.75) is 12.1 Å². The molecule has 8 nitrogen and oxygen atoms in total. The number of hydrogen-bond acceptors (Lipinski definition) is 7. The standard InChI is InChI=1S/C19H18N6O2S2/c1-13-17(14-5-7-15(27-2)8-6-14)22-18(29-13)21-16(26)11-28-19-23-20-12-25(19)24-9-3-4-10-24/h3-10,12H,11H2,1-2H3,(H,21,22,26). The van der Waals surface area contributed by atoms with E-state index in [4.69, 9.17) is 4.74 Å². The summed E-state index contributed by atoms with van der Waals surface area (Å²) in [5, 5.41) is 12.1. The molecular formula is C19H18N6O2S2. The Hall–Kier alpha value is -3.11. The molecule has 0 bridgehead atoms. The van der Waals surface area contributed by atoms with Gasteiger partial charge < -0.3 is 10.1 Å². The average Bonchev–Trinajstić information content (AvgIpc) is 3.47. The van der Waals surface area contributed by atoms with Crippen molar-refractivity contribution in [1.82, 2.24) is 24.5 Å². The molecule has 0 aliphatic carbocycles. The van der Waals surface area contributed by atoms with Gasteiger partial charge in [0.15, 0.2) is 5.13 Å². The highest BCUT2D eigenvalue weighted by Gasteiger charge is 2.14. The van der Waals surface area contributed by atoms with Crippen molar-refractivity contribution in [3.8, 4) is 17.0 Å². The monoisotopic (exact) mass is 426 g/mol. The van der Waals surface area contributed by atoms with E-state index < -0.39 is 0 Å². The first kappa shape index (κ1) is 19.2. The minimum Gasteiger partial charge on any atom is -0.497 e. The van der Waals surface area contributed by atoms with Crippen molar-refractivity contribution in [3.63, 3.8) is 0 Å². The largest absolute Gasteiger partial charge is 0.497 e. The number of thiazole rings is 1. The number of hydrogen-bond donors (Lipinski definition) is 1. The zero-order valence-electron chi connectivity index (χ0n) is 15.8. The quantitative estimate of drug-likeness (QED) is 0.455. The van der Waals surface area contributed by atoms with Gasteiger partial charge in [0, 0.05) is 22.8 Å². The number of ether oxygens (including phenoxy) is 1. The highest BCUT2D eigenvalue weighted by atomic mass is 32.2. The zero-order chi connectivity index (χ0) is 20.2. The van der Waals surface area contributed by atoms with Gasteiger partial charge >= 0.3 is 0 Å². The molecule has 0 saturated heterocycles. The maximum Gasteiger partial charge on any atom is 0.236 e. The number of carbonyl (C=O) groups is 1. The average molecular weight is 427 g/mol. The molecule has 4 aromatic rings. The SMILES string of the molecule is COc1ccc(-c2nc(NC(=O)CSc3nncn3-n3cccc3)sc2C)cc1. The lowest BCUT2D eigenvalue weighted by Crippen LogP contribution is -2.15. The molecule has 0 unspecified atom stereocenters. The van der Waals surface area contributed by atoms with Gasteiger partial charge in [-0.05, 0) is 43.3 Å². The van der Waals surface area contributed by atoms with E-state index in [1.807, 2.05) is 60.4 Å². The highest BCUT2D eigenvalue weighted by molar-refractivity contribution is 7.99. The van der Waals surface area contributed by atoms with E-state index in [2.05, 4.69) is 20.5 Å². The second kappa shape index (κ2) is 8.50. The van der Waals surface area contributed by atoms with E-state index in [1.165, 1.54) is 23.1 Å². The number of anilines is 1. The Kier molecular flexibility index (Phi) is 5.63. The molecule has 0 fully saturated rings. The van der Waals surface area contributed by atoms with Crippen LogP contribution >= 0.6 is 23.1 Å². The first-order chi connectivity index (χ1) is 14.1. The number of benzene rings is 1. The predicted molar refractivity (Wildman–Crippen MR) is 113 cm³/mol. The molecule has 3 aromatic heterocycles. The van der Waals surface area contributed by atoms with Gasteiger partial charge in [-0.3, -0.25) is 9.47 Å². The Balaban J connectivity index is 1.40. The molecule has 1 amide bonds. The van der Waals surface area contributed by atoms with Crippen molar-refractivity contribution >= 4 is 34.1 Å². The number of amides is 1. The molecule has 0 aliphatic rings. The van der Waals surface area contributed by atoms with Crippen molar-refractivity contribution < 1.29 is 9.53 Å². The van der Waals surface area contributed by atoms with Gasteiger partial charge in [0.1, 0.15) is 12.1 Å². The second-order valence-electron chi connectivity index (χ2n) is 6.01. The number of thioether (sulfide) groups is 1. The summed E-state index contributed by atoms with van der Waals surface area (Å²) in [4.78, 5) is 18.0. The second-order valence-corrected chi connectivity index (χ2v) is 8.16. The summed E-state index contributed by atoms with van der Waals surface area (Å²) in [6.07, 6.45) is 5.37. The molecule has 0 atom stereocenters. The van der Waals surface area contributed by atoms with Crippen LogP contribution in [0.5, 0.6) is 5.75 Å². The van der Waals surface area contributed by atoms with Gasteiger partial charge in [0.25, 0.3) is 0 Å². The summed E-state index contributed by atoms with van der Waals surface area (Å²) in [6.45, 7) is 1.99. The molecule has 29 heavy (non-hydrogen) atoms. The summed E-state index contributed by atoms with van der Waals surface area (Å²) in [7, 11) is 1.63. The van der Waals surface area contributed by atoms with Gasteiger partial charge in [-0.25, -0.2) is 9.66 Å². The van der Waals surface area contributed by atoms with Gasteiger partial charge in [-0.15, -0.1) is 21.5 Å². The van der Waals surface area contributed by atoms with Crippen LogP contribution in [0.25, 0.3) is 11.3 Å². The molecule has 10 heteroatoms. The van der Waals surface area contributed by atoms with Crippen LogP contribution < -0.4 is 10.1 Å². The lowest BCUT2D eigenvalue weighted by molar-refractivity contribution is -0.113. The number of nitrogens with one attached hydrogen (secondary N) is 1. The lowest BCUT2D eigenvalue weighted by atomic mass is 10.1. The van der Waals surface area contributed by atoms with Crippen LogP contribution in [0.1, 0.15) is 4.88 Å². The van der Waals surface area contributed by atoms with E-state index in [-0.39, 0.29) is 11.7 Å². The molecular weight excluding hydrogens is 408 g/mol. The fourth-order valence-electron chi connectivity index (χ4n) is 2.69. The molecule has 4 rings (SSSR count). The molecule has 0 radical (unpaired) electrons. The highest BCUT2D eigenvalue weighted by Crippen LogP contribution is 2.31. The van der Waals surface area contributed by atoms with Crippen molar-refractivity contribution in [1.29, 1.82) is 0 Å². The van der Waals surface area contributed by atoms with E-state index in [0.29, 0.717) is 10.3 Å². The van der Waals surface area contributed by atoms with Gasteiger partial charge in [0.05, 0.1) is 18.6 Å². The summed E-state index contributed by atoms with van der Waals surface area (Å²) in [5.41, 5.74) is 1.84. The van der Waals surface area contributed by atoms with Crippen molar-refractivity contribution in [2.75, 3.05) is 18.2 Å². The summed E-state index contributed by atoms with van der Waals surface area (Å²) in [6, 6.07) is 11.5. The van der Waals surface area contributed by atoms with Gasteiger partial charge in [0.2, 0.25) is 11.1 Å². The first-order valence-electron chi connectivity index (χ1n) is 8.72. The normalized spacial score (nSPS) is 10.8. The Labute approximate surface area is 175 Å². The van der Waals surface area contributed by atoms with Crippen LogP contribution in [0, 0.1) is 6.92 Å². The third kappa shape index (κ3) is 4.33. The number of methoxy groups -OCH3 is 1. The number of rotatable bonds is 7. The minimum absolute atomic E-state index is 0.146. The zero-order valence-corrected chi connectivity index (χ0v) is 17.4. The Bertz CT molecular complexity index is 1100. The fraction of sp³-hybridized carbons (Fsp3) is 0.158. The topological polar surface area (TPSA) is 86.9 Å². The van der Waals surface area contributed by atoms with Crippen LogP contribution in [-0.2, 0) is 4.79 Å². The Morgan fingerprint density at radius 2 is 2.00 bits per heavy atom. The van der Waals surface area contributed by atoms with Gasteiger partial charge in [-0.1, -0.05) is 11.8 Å². The third-order valence-corrected chi connectivity index (χ3v) is 5.90.